The Kier molecular flexibility index (Phi) is 9.46. The van der Waals surface area contributed by atoms with Gasteiger partial charge in [-0.1, -0.05) is 11.6 Å². The van der Waals surface area contributed by atoms with Crippen molar-refractivity contribution in [3.63, 3.8) is 0 Å². The number of rotatable bonds is 12. The van der Waals surface area contributed by atoms with Gasteiger partial charge in [-0.3, -0.25) is 9.48 Å². The molecule has 1 aromatic heterocycles. The van der Waals surface area contributed by atoms with Crippen LogP contribution < -0.4 is 5.32 Å². The third kappa shape index (κ3) is 8.77. The van der Waals surface area contributed by atoms with Gasteiger partial charge in [-0.15, -0.1) is 5.10 Å². The number of ether oxygens (including phenoxy) is 1. The molecule has 1 rings (SSSR count). The van der Waals surface area contributed by atoms with Crippen molar-refractivity contribution in [2.45, 2.75) is 71.4 Å². The van der Waals surface area contributed by atoms with Gasteiger partial charge in [-0.25, -0.2) is 0 Å². The maximum Gasteiger partial charge on any atom is 0.220 e. The Morgan fingerprint density at radius 2 is 2.09 bits per heavy atom. The van der Waals surface area contributed by atoms with E-state index in [1.165, 1.54) is 0 Å². The van der Waals surface area contributed by atoms with Crippen LogP contribution in [0.4, 0.5) is 0 Å². The van der Waals surface area contributed by atoms with Crippen LogP contribution in [0.25, 0.3) is 0 Å². The second-order valence-electron chi connectivity index (χ2n) is 5.96. The fourth-order valence-corrected chi connectivity index (χ4v) is 2.25. The Bertz CT molecular complexity index is 418. The molecule has 0 saturated carbocycles. The Balaban J connectivity index is 2.07. The number of carbonyl (C=O) groups excluding carboxylic acids is 1. The highest BCUT2D eigenvalue weighted by Crippen LogP contribution is 2.05. The minimum absolute atomic E-state index is 0.147. The second-order valence-corrected chi connectivity index (χ2v) is 5.96. The largest absolute Gasteiger partial charge is 0.385 e. The van der Waals surface area contributed by atoms with E-state index in [0.29, 0.717) is 6.42 Å². The van der Waals surface area contributed by atoms with E-state index in [-0.39, 0.29) is 11.9 Å². The van der Waals surface area contributed by atoms with Crippen LogP contribution in [0.1, 0.15) is 58.1 Å². The van der Waals surface area contributed by atoms with Gasteiger partial charge in [-0.2, -0.15) is 0 Å². The van der Waals surface area contributed by atoms with E-state index in [0.717, 1.165) is 57.4 Å². The summed E-state index contributed by atoms with van der Waals surface area (Å²) in [5, 5.41) is 11.2. The molecule has 6 nitrogen and oxygen atoms in total. The summed E-state index contributed by atoms with van der Waals surface area (Å²) >= 11 is 0. The molecule has 6 heteroatoms. The molecule has 0 radical (unpaired) electrons. The first-order chi connectivity index (χ1) is 10.6. The molecule has 0 fully saturated rings. The van der Waals surface area contributed by atoms with Crippen LogP contribution in [-0.4, -0.2) is 40.7 Å². The van der Waals surface area contributed by atoms with Crippen molar-refractivity contribution in [3.05, 3.63) is 11.9 Å². The summed E-state index contributed by atoms with van der Waals surface area (Å²) in [6, 6.07) is 0.227. The van der Waals surface area contributed by atoms with Gasteiger partial charge < -0.3 is 10.1 Å². The van der Waals surface area contributed by atoms with Gasteiger partial charge in [0.05, 0.1) is 5.69 Å². The molecule has 0 bridgehead atoms. The van der Waals surface area contributed by atoms with E-state index in [9.17, 15) is 4.79 Å². The molecule has 0 saturated heterocycles. The fraction of sp³-hybridized carbons (Fsp3) is 0.812. The SMILES string of the molecule is COCCCCc1cn(CCCCCC(=O)NC(C)C)nn1. The van der Waals surface area contributed by atoms with E-state index in [2.05, 4.69) is 15.6 Å². The van der Waals surface area contributed by atoms with Crippen LogP contribution in [-0.2, 0) is 22.5 Å². The third-order valence-corrected chi connectivity index (χ3v) is 3.36. The number of aromatic nitrogens is 3. The van der Waals surface area contributed by atoms with E-state index in [4.69, 9.17) is 4.74 Å². The first kappa shape index (κ1) is 18.6. The third-order valence-electron chi connectivity index (χ3n) is 3.36. The first-order valence-electron chi connectivity index (χ1n) is 8.29. The van der Waals surface area contributed by atoms with Crippen LogP contribution in [0.3, 0.4) is 0 Å². The van der Waals surface area contributed by atoms with Crippen molar-refractivity contribution >= 4 is 5.91 Å². The minimum Gasteiger partial charge on any atom is -0.385 e. The molecular formula is C16H30N4O2. The lowest BCUT2D eigenvalue weighted by atomic mass is 10.2. The van der Waals surface area contributed by atoms with Gasteiger partial charge in [0, 0.05) is 38.9 Å². The van der Waals surface area contributed by atoms with Crippen molar-refractivity contribution in [2.24, 2.45) is 0 Å². The lowest BCUT2D eigenvalue weighted by Crippen LogP contribution is -2.29. The quantitative estimate of drug-likeness (QED) is 0.602. The average Bonchev–Trinajstić information content (AvgIpc) is 2.90. The molecule has 0 atom stereocenters. The molecule has 1 heterocycles. The Labute approximate surface area is 133 Å². The lowest BCUT2D eigenvalue weighted by Gasteiger charge is -2.07. The number of amides is 1. The molecule has 0 aliphatic rings. The molecule has 1 amide bonds. The number of hydrogen-bond donors (Lipinski definition) is 1. The van der Waals surface area contributed by atoms with Crippen molar-refractivity contribution in [2.75, 3.05) is 13.7 Å². The molecule has 0 unspecified atom stereocenters. The Morgan fingerprint density at radius 1 is 1.27 bits per heavy atom. The summed E-state index contributed by atoms with van der Waals surface area (Å²) < 4.78 is 6.93. The maximum atomic E-state index is 11.5. The highest BCUT2D eigenvalue weighted by Gasteiger charge is 2.03. The molecule has 1 aromatic rings. The Hall–Kier alpha value is -1.43. The number of methoxy groups -OCH3 is 1. The number of nitrogens with zero attached hydrogens (tertiary/aromatic N) is 3. The smallest absolute Gasteiger partial charge is 0.220 e. The van der Waals surface area contributed by atoms with Crippen LogP contribution in [0.15, 0.2) is 6.20 Å². The number of nitrogens with one attached hydrogen (secondary N) is 1. The number of hydrogen-bond acceptors (Lipinski definition) is 4. The summed E-state index contributed by atoms with van der Waals surface area (Å²) in [6.07, 6.45) is 8.73. The predicted molar refractivity (Wildman–Crippen MR) is 86.6 cm³/mol. The van der Waals surface area contributed by atoms with Gasteiger partial charge >= 0.3 is 0 Å². The van der Waals surface area contributed by atoms with Gasteiger partial charge in [0.1, 0.15) is 0 Å². The topological polar surface area (TPSA) is 69.0 Å². The summed E-state index contributed by atoms with van der Waals surface area (Å²) in [4.78, 5) is 11.5. The number of unbranched alkanes of at least 4 members (excludes halogenated alkanes) is 3. The van der Waals surface area contributed by atoms with Crippen LogP contribution in [0, 0.1) is 0 Å². The molecule has 1 N–H and O–H groups in total. The normalized spacial score (nSPS) is 11.1. The second kappa shape index (κ2) is 11.2. The molecule has 0 aromatic carbocycles. The summed E-state index contributed by atoms with van der Waals surface area (Å²) in [6.45, 7) is 5.64. The van der Waals surface area contributed by atoms with Crippen LogP contribution >= 0.6 is 0 Å². The lowest BCUT2D eigenvalue weighted by molar-refractivity contribution is -0.121. The molecule has 0 aliphatic heterocycles. The van der Waals surface area contributed by atoms with E-state index in [1.807, 2.05) is 24.7 Å². The highest BCUT2D eigenvalue weighted by atomic mass is 16.5. The number of carbonyl (C=O) groups is 1. The van der Waals surface area contributed by atoms with E-state index in [1.54, 1.807) is 7.11 Å². The van der Waals surface area contributed by atoms with E-state index < -0.39 is 0 Å². The molecule has 0 spiro atoms. The molecule has 0 aliphatic carbocycles. The van der Waals surface area contributed by atoms with Crippen LogP contribution in [0.5, 0.6) is 0 Å². The zero-order valence-electron chi connectivity index (χ0n) is 14.2. The monoisotopic (exact) mass is 310 g/mol. The van der Waals surface area contributed by atoms with Gasteiger partial charge in [0.25, 0.3) is 0 Å². The van der Waals surface area contributed by atoms with Crippen molar-refractivity contribution in [1.82, 2.24) is 20.3 Å². The van der Waals surface area contributed by atoms with Crippen molar-refractivity contribution in [1.29, 1.82) is 0 Å². The summed E-state index contributed by atoms with van der Waals surface area (Å²) in [5.41, 5.74) is 1.05. The highest BCUT2D eigenvalue weighted by molar-refractivity contribution is 5.76. The summed E-state index contributed by atoms with van der Waals surface area (Å²) in [5.74, 6) is 0.147. The van der Waals surface area contributed by atoms with E-state index >= 15 is 0 Å². The van der Waals surface area contributed by atoms with Gasteiger partial charge in [0.2, 0.25) is 5.91 Å². The van der Waals surface area contributed by atoms with Crippen molar-refractivity contribution in [3.8, 4) is 0 Å². The van der Waals surface area contributed by atoms with Gasteiger partial charge in [0.15, 0.2) is 0 Å². The zero-order valence-corrected chi connectivity index (χ0v) is 14.2. The average molecular weight is 310 g/mol. The first-order valence-corrected chi connectivity index (χ1v) is 8.29. The standard InChI is InChI=1S/C16H30N4O2/c1-14(2)17-16(21)10-5-4-7-11-20-13-15(18-19-20)9-6-8-12-22-3/h13-14H,4-12H2,1-3H3,(H,17,21). The molecule has 126 valence electrons. The fourth-order valence-electron chi connectivity index (χ4n) is 2.25. The molecular weight excluding hydrogens is 280 g/mol. The van der Waals surface area contributed by atoms with Gasteiger partial charge in [-0.05, 0) is 46.0 Å². The maximum absolute atomic E-state index is 11.5. The van der Waals surface area contributed by atoms with Crippen molar-refractivity contribution < 1.29 is 9.53 Å². The predicted octanol–water partition coefficient (Wildman–Crippen LogP) is 2.33. The zero-order chi connectivity index (χ0) is 16.2. The summed E-state index contributed by atoms with van der Waals surface area (Å²) in [7, 11) is 1.72. The molecule has 22 heavy (non-hydrogen) atoms. The Morgan fingerprint density at radius 3 is 2.82 bits per heavy atom. The minimum atomic E-state index is 0.147. The van der Waals surface area contributed by atoms with Crippen LogP contribution in [0.2, 0.25) is 0 Å². The number of aryl methyl sites for hydroxylation is 2.